The minimum absolute atomic E-state index is 0.124. The molecule has 0 saturated carbocycles. The van der Waals surface area contributed by atoms with Crippen molar-refractivity contribution in [2.45, 2.75) is 46.3 Å². The molecule has 0 aromatic carbocycles. The molecule has 0 saturated heterocycles. The van der Waals surface area contributed by atoms with E-state index in [9.17, 15) is 5.11 Å². The maximum Gasteiger partial charge on any atom is 0.107 e. The molecule has 21 heavy (non-hydrogen) atoms. The van der Waals surface area contributed by atoms with E-state index in [4.69, 9.17) is 4.42 Å². The first-order valence-corrected chi connectivity index (χ1v) is 7.24. The number of hydrogen-bond donors (Lipinski definition) is 2. The molecule has 0 fully saturated rings. The van der Waals surface area contributed by atoms with E-state index in [-0.39, 0.29) is 6.04 Å². The average Bonchev–Trinajstić information content (AvgIpc) is 2.91. The fraction of sp³-hybridized carbons (Fsp3) is 0.562. The topological polar surface area (TPSA) is 63.2 Å². The summed E-state index contributed by atoms with van der Waals surface area (Å²) < 4.78 is 7.37. The number of aryl methyl sites for hydroxylation is 3. The van der Waals surface area contributed by atoms with Gasteiger partial charge in [0.25, 0.3) is 0 Å². The predicted octanol–water partition coefficient (Wildman–Crippen LogP) is 2.50. The molecule has 2 unspecified atom stereocenters. The number of nitrogens with zero attached hydrogens (tertiary/aromatic N) is 2. The lowest BCUT2D eigenvalue weighted by Gasteiger charge is -2.25. The van der Waals surface area contributed by atoms with Gasteiger partial charge in [0.05, 0.1) is 6.20 Å². The van der Waals surface area contributed by atoms with Crippen LogP contribution in [0.2, 0.25) is 0 Å². The van der Waals surface area contributed by atoms with Gasteiger partial charge in [-0.25, -0.2) is 0 Å². The zero-order valence-corrected chi connectivity index (χ0v) is 13.7. The van der Waals surface area contributed by atoms with Crippen LogP contribution in [0.5, 0.6) is 0 Å². The normalized spacial score (nSPS) is 16.0. The van der Waals surface area contributed by atoms with E-state index < -0.39 is 5.60 Å². The molecule has 0 spiro atoms. The van der Waals surface area contributed by atoms with Gasteiger partial charge in [-0.1, -0.05) is 0 Å². The fourth-order valence-electron chi connectivity index (χ4n) is 2.66. The summed E-state index contributed by atoms with van der Waals surface area (Å²) in [7, 11) is 1.93. The van der Waals surface area contributed by atoms with Crippen molar-refractivity contribution in [1.29, 1.82) is 0 Å². The zero-order valence-electron chi connectivity index (χ0n) is 13.7. The lowest BCUT2D eigenvalue weighted by Crippen LogP contribution is -2.37. The Kier molecular flexibility index (Phi) is 4.25. The molecule has 2 N–H and O–H groups in total. The second kappa shape index (κ2) is 5.66. The van der Waals surface area contributed by atoms with Crippen LogP contribution in [0.3, 0.4) is 0 Å². The van der Waals surface area contributed by atoms with Gasteiger partial charge in [-0.15, -0.1) is 0 Å². The van der Waals surface area contributed by atoms with E-state index in [1.807, 2.05) is 44.8 Å². The van der Waals surface area contributed by atoms with Gasteiger partial charge in [0.15, 0.2) is 0 Å². The van der Waals surface area contributed by atoms with E-state index in [1.165, 1.54) is 0 Å². The Hall–Kier alpha value is -1.59. The molecule has 2 atom stereocenters. The van der Waals surface area contributed by atoms with Crippen molar-refractivity contribution < 1.29 is 9.52 Å². The van der Waals surface area contributed by atoms with Crippen LogP contribution in [0.1, 0.15) is 48.2 Å². The highest BCUT2D eigenvalue weighted by molar-refractivity contribution is 5.27. The molecule has 0 radical (unpaired) electrons. The molecular weight excluding hydrogens is 266 g/mol. The Balaban J connectivity index is 2.08. The number of rotatable bonds is 5. The summed E-state index contributed by atoms with van der Waals surface area (Å²) in [5.41, 5.74) is 2.15. The molecule has 5 nitrogen and oxygen atoms in total. The molecule has 0 amide bonds. The SMILES string of the molecule is Cc1cc(C(C)(O)CNC(C)c2cnn(C)c2C)c(C)o1. The fourth-order valence-corrected chi connectivity index (χ4v) is 2.66. The van der Waals surface area contributed by atoms with Crippen molar-refractivity contribution in [3.63, 3.8) is 0 Å². The minimum atomic E-state index is -0.966. The van der Waals surface area contributed by atoms with Gasteiger partial charge in [0.2, 0.25) is 0 Å². The molecule has 5 heteroatoms. The van der Waals surface area contributed by atoms with E-state index >= 15 is 0 Å². The molecule has 2 aromatic rings. The maximum absolute atomic E-state index is 10.7. The van der Waals surface area contributed by atoms with Crippen LogP contribution in [0.15, 0.2) is 16.7 Å². The third kappa shape index (κ3) is 3.19. The largest absolute Gasteiger partial charge is 0.466 e. The molecule has 0 aliphatic rings. The van der Waals surface area contributed by atoms with Gasteiger partial charge in [-0.2, -0.15) is 5.10 Å². The molecule has 0 bridgehead atoms. The first-order valence-electron chi connectivity index (χ1n) is 7.24. The number of aromatic nitrogens is 2. The van der Waals surface area contributed by atoms with Crippen molar-refractivity contribution in [1.82, 2.24) is 15.1 Å². The van der Waals surface area contributed by atoms with Crippen molar-refractivity contribution in [2.75, 3.05) is 6.54 Å². The maximum atomic E-state index is 10.7. The summed E-state index contributed by atoms with van der Waals surface area (Å²) in [5, 5.41) is 18.3. The molecule has 2 aromatic heterocycles. The van der Waals surface area contributed by atoms with Gasteiger partial charge in [-0.05, 0) is 40.7 Å². The lowest BCUT2D eigenvalue weighted by atomic mass is 9.95. The van der Waals surface area contributed by atoms with E-state index in [2.05, 4.69) is 17.3 Å². The number of nitrogens with one attached hydrogen (secondary N) is 1. The van der Waals surface area contributed by atoms with Crippen LogP contribution >= 0.6 is 0 Å². The van der Waals surface area contributed by atoms with Crippen molar-refractivity contribution in [2.24, 2.45) is 7.05 Å². The van der Waals surface area contributed by atoms with Crippen LogP contribution in [0, 0.1) is 20.8 Å². The summed E-state index contributed by atoms with van der Waals surface area (Å²) in [5.74, 6) is 1.59. The predicted molar refractivity (Wildman–Crippen MR) is 82.1 cm³/mol. The molecular formula is C16H25N3O2. The lowest BCUT2D eigenvalue weighted by molar-refractivity contribution is 0.0529. The van der Waals surface area contributed by atoms with Crippen LogP contribution in [0.4, 0.5) is 0 Å². The van der Waals surface area contributed by atoms with E-state index in [0.29, 0.717) is 6.54 Å². The van der Waals surface area contributed by atoms with Gasteiger partial charge < -0.3 is 14.8 Å². The second-order valence-electron chi connectivity index (χ2n) is 6.01. The number of aliphatic hydroxyl groups is 1. The van der Waals surface area contributed by atoms with Crippen molar-refractivity contribution >= 4 is 0 Å². The van der Waals surface area contributed by atoms with E-state index in [0.717, 1.165) is 28.3 Å². The van der Waals surface area contributed by atoms with Crippen molar-refractivity contribution in [3.05, 3.63) is 40.6 Å². The zero-order chi connectivity index (χ0) is 15.8. The average molecular weight is 291 g/mol. The highest BCUT2D eigenvalue weighted by Gasteiger charge is 2.28. The minimum Gasteiger partial charge on any atom is -0.466 e. The Morgan fingerprint density at radius 1 is 1.43 bits per heavy atom. The van der Waals surface area contributed by atoms with Gasteiger partial charge >= 0.3 is 0 Å². The van der Waals surface area contributed by atoms with Gasteiger partial charge in [-0.3, -0.25) is 4.68 Å². The highest BCUT2D eigenvalue weighted by atomic mass is 16.3. The molecule has 2 heterocycles. The number of hydrogen-bond acceptors (Lipinski definition) is 4. The van der Waals surface area contributed by atoms with Crippen LogP contribution in [-0.4, -0.2) is 21.4 Å². The van der Waals surface area contributed by atoms with Crippen molar-refractivity contribution in [3.8, 4) is 0 Å². The first-order chi connectivity index (χ1) is 9.72. The third-order valence-corrected chi connectivity index (χ3v) is 4.11. The molecule has 116 valence electrons. The molecule has 0 aliphatic heterocycles. The summed E-state index contributed by atoms with van der Waals surface area (Å²) >= 11 is 0. The molecule has 2 rings (SSSR count). The quantitative estimate of drug-likeness (QED) is 0.888. The standard InChI is InChI=1S/C16H25N3O2/c1-10-7-15(13(4)21-10)16(5,20)9-17-11(2)14-8-18-19(6)12(14)3/h7-8,11,17,20H,9H2,1-6H3. The highest BCUT2D eigenvalue weighted by Crippen LogP contribution is 2.27. The first kappa shape index (κ1) is 15.8. The Morgan fingerprint density at radius 2 is 2.10 bits per heavy atom. The smallest absolute Gasteiger partial charge is 0.107 e. The molecule has 0 aliphatic carbocycles. The van der Waals surface area contributed by atoms with Gasteiger partial charge in [0, 0.05) is 36.5 Å². The van der Waals surface area contributed by atoms with E-state index in [1.54, 1.807) is 6.92 Å². The summed E-state index contributed by atoms with van der Waals surface area (Å²) in [6, 6.07) is 2.02. The monoisotopic (exact) mass is 291 g/mol. The summed E-state index contributed by atoms with van der Waals surface area (Å²) in [4.78, 5) is 0. The van der Waals surface area contributed by atoms with Crippen LogP contribution < -0.4 is 5.32 Å². The van der Waals surface area contributed by atoms with Crippen LogP contribution in [-0.2, 0) is 12.6 Å². The van der Waals surface area contributed by atoms with Gasteiger partial charge in [0.1, 0.15) is 17.1 Å². The Bertz CT molecular complexity index is 626. The summed E-state index contributed by atoms with van der Waals surface area (Å²) in [6.45, 7) is 10.1. The van der Waals surface area contributed by atoms with Crippen LogP contribution in [0.25, 0.3) is 0 Å². The Labute approximate surface area is 126 Å². The Morgan fingerprint density at radius 3 is 2.57 bits per heavy atom. The number of furan rings is 1. The second-order valence-corrected chi connectivity index (χ2v) is 6.01. The summed E-state index contributed by atoms with van der Waals surface area (Å²) in [6.07, 6.45) is 1.87. The third-order valence-electron chi connectivity index (χ3n) is 4.11.